The first-order valence-corrected chi connectivity index (χ1v) is 7.61. The lowest BCUT2D eigenvalue weighted by atomic mass is 10.3. The number of hydrogen-bond acceptors (Lipinski definition) is 7. The molecule has 0 atom stereocenters. The number of nitro groups is 1. The number of nitrogens with one attached hydrogen (secondary N) is 1. The molecule has 0 saturated carbocycles. The van der Waals surface area contributed by atoms with Crippen LogP contribution in [-0.2, 0) is 0 Å². The molecule has 0 radical (unpaired) electrons. The molecule has 25 heavy (non-hydrogen) atoms. The zero-order valence-electron chi connectivity index (χ0n) is 12.4. The summed E-state index contributed by atoms with van der Waals surface area (Å²) in [5.74, 6) is 1.17. The summed E-state index contributed by atoms with van der Waals surface area (Å²) in [7, 11) is 0. The number of ether oxygens (including phenoxy) is 1. The van der Waals surface area contributed by atoms with Crippen LogP contribution in [-0.4, -0.2) is 20.1 Å². The van der Waals surface area contributed by atoms with E-state index in [0.29, 0.717) is 23.1 Å². The topological polar surface area (TPSA) is 103 Å². The standard InChI is InChI=1S/C15H9Cl2N5O3/c16-12-7-10(22(23)24)8-18-15(12)19-9-1-3-11(4-2-9)25-14-6-5-13(17)20-21-14/h1-8H,(H,18,19). The molecule has 1 aromatic carbocycles. The predicted octanol–water partition coefficient (Wildman–Crippen LogP) is 4.62. The molecule has 0 bridgehead atoms. The smallest absolute Gasteiger partial charge is 0.289 e. The quantitative estimate of drug-likeness (QED) is 0.510. The summed E-state index contributed by atoms with van der Waals surface area (Å²) in [5, 5.41) is 21.6. The minimum atomic E-state index is -0.561. The molecule has 126 valence electrons. The maximum atomic E-state index is 10.7. The number of rotatable bonds is 5. The summed E-state index contributed by atoms with van der Waals surface area (Å²) in [6, 6.07) is 11.3. The summed E-state index contributed by atoms with van der Waals surface area (Å²) >= 11 is 11.7. The second kappa shape index (κ2) is 7.29. The molecule has 10 heteroatoms. The van der Waals surface area contributed by atoms with Gasteiger partial charge in [-0.15, -0.1) is 10.2 Å². The Hall–Kier alpha value is -2.97. The molecule has 0 fully saturated rings. The lowest BCUT2D eigenvalue weighted by Crippen LogP contribution is -1.97. The Kier molecular flexibility index (Phi) is 4.92. The van der Waals surface area contributed by atoms with Gasteiger partial charge in [0, 0.05) is 17.8 Å². The van der Waals surface area contributed by atoms with Crippen molar-refractivity contribution in [1.29, 1.82) is 0 Å². The molecule has 0 saturated heterocycles. The van der Waals surface area contributed by atoms with Gasteiger partial charge in [-0.05, 0) is 30.3 Å². The zero-order valence-corrected chi connectivity index (χ0v) is 13.9. The number of aromatic nitrogens is 3. The van der Waals surface area contributed by atoms with Gasteiger partial charge in [-0.2, -0.15) is 0 Å². The van der Waals surface area contributed by atoms with E-state index in [1.165, 1.54) is 6.07 Å². The van der Waals surface area contributed by atoms with Gasteiger partial charge in [0.2, 0.25) is 5.88 Å². The third-order valence-corrected chi connectivity index (χ3v) is 3.47. The highest BCUT2D eigenvalue weighted by atomic mass is 35.5. The van der Waals surface area contributed by atoms with Crippen LogP contribution in [0.1, 0.15) is 0 Å². The summed E-state index contributed by atoms with van der Waals surface area (Å²) in [4.78, 5) is 14.1. The third-order valence-electron chi connectivity index (χ3n) is 2.98. The van der Waals surface area contributed by atoms with E-state index in [1.54, 1.807) is 36.4 Å². The minimum absolute atomic E-state index is 0.144. The normalized spacial score (nSPS) is 10.3. The zero-order chi connectivity index (χ0) is 17.8. The maximum Gasteiger partial charge on any atom is 0.289 e. The van der Waals surface area contributed by atoms with Crippen LogP contribution in [0.2, 0.25) is 10.2 Å². The van der Waals surface area contributed by atoms with Crippen LogP contribution in [0.4, 0.5) is 17.2 Å². The maximum absolute atomic E-state index is 10.7. The number of hydrogen-bond donors (Lipinski definition) is 1. The lowest BCUT2D eigenvalue weighted by molar-refractivity contribution is -0.385. The monoisotopic (exact) mass is 377 g/mol. The number of halogens is 2. The van der Waals surface area contributed by atoms with Crippen LogP contribution in [0.25, 0.3) is 0 Å². The molecule has 1 N–H and O–H groups in total. The number of nitrogens with zero attached hydrogens (tertiary/aromatic N) is 4. The van der Waals surface area contributed by atoms with E-state index in [9.17, 15) is 10.1 Å². The van der Waals surface area contributed by atoms with Crippen LogP contribution in [0.5, 0.6) is 11.6 Å². The van der Waals surface area contributed by atoms with Crippen molar-refractivity contribution in [3.63, 3.8) is 0 Å². The van der Waals surface area contributed by atoms with Gasteiger partial charge in [0.25, 0.3) is 5.69 Å². The molecule has 0 spiro atoms. The molecule has 0 aliphatic heterocycles. The number of pyridine rings is 1. The van der Waals surface area contributed by atoms with E-state index in [2.05, 4.69) is 20.5 Å². The Labute approximate surface area is 151 Å². The first kappa shape index (κ1) is 16.9. The molecular formula is C15H9Cl2N5O3. The van der Waals surface area contributed by atoms with Crippen molar-refractivity contribution in [2.24, 2.45) is 0 Å². The highest BCUT2D eigenvalue weighted by molar-refractivity contribution is 6.33. The Morgan fingerprint density at radius 3 is 2.44 bits per heavy atom. The second-order valence-corrected chi connectivity index (χ2v) is 5.52. The Morgan fingerprint density at radius 1 is 1.08 bits per heavy atom. The van der Waals surface area contributed by atoms with Crippen LogP contribution in [0, 0.1) is 10.1 Å². The van der Waals surface area contributed by atoms with Gasteiger partial charge >= 0.3 is 0 Å². The van der Waals surface area contributed by atoms with E-state index >= 15 is 0 Å². The van der Waals surface area contributed by atoms with E-state index in [4.69, 9.17) is 27.9 Å². The molecule has 2 heterocycles. The minimum Gasteiger partial charge on any atom is -0.438 e. The summed E-state index contributed by atoms with van der Waals surface area (Å²) < 4.78 is 5.53. The first-order chi connectivity index (χ1) is 12.0. The van der Waals surface area contributed by atoms with Gasteiger partial charge in [0.15, 0.2) is 5.15 Å². The lowest BCUT2D eigenvalue weighted by Gasteiger charge is -2.08. The van der Waals surface area contributed by atoms with Gasteiger partial charge in [-0.1, -0.05) is 23.2 Å². The van der Waals surface area contributed by atoms with E-state index in [0.717, 1.165) is 6.20 Å². The van der Waals surface area contributed by atoms with Crippen LogP contribution >= 0.6 is 23.2 Å². The second-order valence-electron chi connectivity index (χ2n) is 4.73. The molecule has 3 aromatic rings. The van der Waals surface area contributed by atoms with Gasteiger partial charge in [0.1, 0.15) is 17.8 Å². The van der Waals surface area contributed by atoms with Gasteiger partial charge in [-0.25, -0.2) is 4.98 Å². The molecule has 0 amide bonds. The van der Waals surface area contributed by atoms with Crippen LogP contribution < -0.4 is 10.1 Å². The highest BCUT2D eigenvalue weighted by Crippen LogP contribution is 2.28. The first-order valence-electron chi connectivity index (χ1n) is 6.85. The van der Waals surface area contributed by atoms with E-state index in [1.807, 2.05) is 0 Å². The molecule has 3 rings (SSSR count). The highest BCUT2D eigenvalue weighted by Gasteiger charge is 2.11. The Bertz CT molecular complexity index is 904. The van der Waals surface area contributed by atoms with Crippen LogP contribution in [0.15, 0.2) is 48.7 Å². The SMILES string of the molecule is O=[N+]([O-])c1cnc(Nc2ccc(Oc3ccc(Cl)nn3)cc2)c(Cl)c1. The fourth-order valence-corrected chi connectivity index (χ4v) is 2.15. The summed E-state index contributed by atoms with van der Waals surface area (Å²) in [6.07, 6.45) is 1.13. The van der Waals surface area contributed by atoms with E-state index in [-0.39, 0.29) is 15.9 Å². The molecule has 8 nitrogen and oxygen atoms in total. The number of anilines is 2. The Balaban J connectivity index is 1.70. The van der Waals surface area contributed by atoms with Crippen molar-refractivity contribution in [2.75, 3.05) is 5.32 Å². The third kappa shape index (κ3) is 4.31. The number of benzene rings is 1. The summed E-state index contributed by atoms with van der Waals surface area (Å²) in [6.45, 7) is 0. The van der Waals surface area contributed by atoms with Gasteiger partial charge in [0.05, 0.1) is 9.95 Å². The van der Waals surface area contributed by atoms with Crippen molar-refractivity contribution in [3.8, 4) is 11.6 Å². The average molecular weight is 378 g/mol. The Morgan fingerprint density at radius 2 is 1.84 bits per heavy atom. The van der Waals surface area contributed by atoms with Crippen molar-refractivity contribution in [2.45, 2.75) is 0 Å². The largest absolute Gasteiger partial charge is 0.438 e. The molecule has 0 aliphatic rings. The fraction of sp³-hybridized carbons (Fsp3) is 0. The fourth-order valence-electron chi connectivity index (χ4n) is 1.84. The molecule has 0 aliphatic carbocycles. The molecular weight excluding hydrogens is 369 g/mol. The molecule has 2 aromatic heterocycles. The van der Waals surface area contributed by atoms with Crippen molar-refractivity contribution in [1.82, 2.24) is 15.2 Å². The van der Waals surface area contributed by atoms with E-state index < -0.39 is 4.92 Å². The van der Waals surface area contributed by atoms with Crippen LogP contribution in [0.3, 0.4) is 0 Å². The predicted molar refractivity (Wildman–Crippen MR) is 92.7 cm³/mol. The van der Waals surface area contributed by atoms with Gasteiger partial charge in [-0.3, -0.25) is 10.1 Å². The van der Waals surface area contributed by atoms with Crippen molar-refractivity contribution in [3.05, 3.63) is 69.0 Å². The molecule has 0 unspecified atom stereocenters. The summed E-state index contributed by atoms with van der Waals surface area (Å²) in [5.41, 5.74) is 0.501. The van der Waals surface area contributed by atoms with Gasteiger partial charge < -0.3 is 10.1 Å². The average Bonchev–Trinajstić information content (AvgIpc) is 2.60. The van der Waals surface area contributed by atoms with Crippen molar-refractivity contribution < 1.29 is 9.66 Å². The van der Waals surface area contributed by atoms with Crippen molar-refractivity contribution >= 4 is 40.4 Å².